The summed E-state index contributed by atoms with van der Waals surface area (Å²) in [7, 11) is 3.25. The molecule has 98 valence electrons. The van der Waals surface area contributed by atoms with Gasteiger partial charge in [-0.25, -0.2) is 0 Å². The molecule has 0 fully saturated rings. The van der Waals surface area contributed by atoms with Crippen molar-refractivity contribution >= 4 is 33.6 Å². The van der Waals surface area contributed by atoms with Crippen LogP contribution in [0.1, 0.15) is 0 Å². The molecule has 0 bridgehead atoms. The van der Waals surface area contributed by atoms with Crippen molar-refractivity contribution in [2.45, 2.75) is 0 Å². The Labute approximate surface area is 122 Å². The van der Waals surface area contributed by atoms with Gasteiger partial charge in [-0.05, 0) is 34.7 Å². The van der Waals surface area contributed by atoms with Gasteiger partial charge in [0, 0.05) is 18.6 Å². The summed E-state index contributed by atoms with van der Waals surface area (Å²) in [5.41, 5.74) is 1.03. The molecule has 0 aliphatic rings. The first kappa shape index (κ1) is 12.5. The molecule has 6 heteroatoms. The topological polar surface area (TPSA) is 40.2 Å². The molecule has 3 rings (SSSR count). The lowest BCUT2D eigenvalue weighted by molar-refractivity contribution is 0.385. The Balaban J connectivity index is 2.28. The monoisotopic (exact) mass is 372 g/mol. The van der Waals surface area contributed by atoms with Gasteiger partial charge in [0.2, 0.25) is 5.82 Å². The highest BCUT2D eigenvalue weighted by Gasteiger charge is 2.19. The summed E-state index contributed by atoms with van der Waals surface area (Å²) in [4.78, 5) is 0. The molecule has 0 saturated carbocycles. The van der Waals surface area contributed by atoms with Gasteiger partial charge in [0.05, 0.1) is 22.4 Å². The summed E-state index contributed by atoms with van der Waals surface area (Å²) in [5.74, 6) is 0.319. The Hall–Kier alpha value is -1.57. The SMILES string of the molecule is COc1ccc2c(I)c(-c3cnn(C)c3)oc2c1F. The van der Waals surface area contributed by atoms with Crippen LogP contribution in [0.2, 0.25) is 0 Å². The van der Waals surface area contributed by atoms with Gasteiger partial charge < -0.3 is 9.15 Å². The van der Waals surface area contributed by atoms with Crippen LogP contribution < -0.4 is 4.74 Å². The third-order valence-electron chi connectivity index (χ3n) is 2.89. The normalized spacial score (nSPS) is 11.2. The quantitative estimate of drug-likeness (QED) is 0.646. The van der Waals surface area contributed by atoms with E-state index >= 15 is 0 Å². The predicted molar refractivity (Wildman–Crippen MR) is 77.6 cm³/mol. The van der Waals surface area contributed by atoms with E-state index in [2.05, 4.69) is 27.7 Å². The summed E-state index contributed by atoms with van der Waals surface area (Å²) in [5, 5.41) is 4.83. The van der Waals surface area contributed by atoms with E-state index in [1.807, 2.05) is 13.2 Å². The molecular weight excluding hydrogens is 362 g/mol. The van der Waals surface area contributed by atoms with Crippen LogP contribution >= 0.6 is 22.6 Å². The van der Waals surface area contributed by atoms with Crippen LogP contribution in [0.3, 0.4) is 0 Å². The zero-order valence-corrected chi connectivity index (χ0v) is 12.4. The van der Waals surface area contributed by atoms with Crippen LogP contribution in [0.4, 0.5) is 4.39 Å². The number of aryl methyl sites for hydroxylation is 1. The van der Waals surface area contributed by atoms with E-state index in [0.29, 0.717) is 5.76 Å². The van der Waals surface area contributed by atoms with Gasteiger partial charge in [-0.2, -0.15) is 9.49 Å². The Kier molecular flexibility index (Phi) is 2.96. The smallest absolute Gasteiger partial charge is 0.208 e. The molecule has 4 nitrogen and oxygen atoms in total. The summed E-state index contributed by atoms with van der Waals surface area (Å²) < 4.78 is 27.3. The molecule has 2 aromatic heterocycles. The molecule has 0 radical (unpaired) electrons. The second kappa shape index (κ2) is 4.52. The number of benzene rings is 1. The summed E-state index contributed by atoms with van der Waals surface area (Å²) >= 11 is 2.15. The van der Waals surface area contributed by atoms with Crippen molar-refractivity contribution in [3.05, 3.63) is 33.9 Å². The fourth-order valence-corrected chi connectivity index (χ4v) is 2.81. The highest BCUT2D eigenvalue weighted by atomic mass is 127. The Morgan fingerprint density at radius 2 is 2.21 bits per heavy atom. The van der Waals surface area contributed by atoms with E-state index < -0.39 is 5.82 Å². The van der Waals surface area contributed by atoms with Gasteiger partial charge in [0.25, 0.3) is 0 Å². The van der Waals surface area contributed by atoms with Crippen LogP contribution in [-0.2, 0) is 7.05 Å². The highest BCUT2D eigenvalue weighted by molar-refractivity contribution is 14.1. The average Bonchev–Trinajstić information content (AvgIpc) is 2.95. The number of hydrogen-bond acceptors (Lipinski definition) is 3. The first-order valence-corrected chi connectivity index (χ1v) is 6.63. The van der Waals surface area contributed by atoms with Gasteiger partial charge in [-0.15, -0.1) is 0 Å². The standard InChI is InChI=1S/C13H10FIN2O2/c1-17-6-7(5-16-17)12-11(15)8-3-4-9(18-2)10(14)13(8)19-12/h3-6H,1-2H3. The number of fused-ring (bicyclic) bond motifs is 1. The van der Waals surface area contributed by atoms with Gasteiger partial charge in [0.15, 0.2) is 17.1 Å². The number of hydrogen-bond donors (Lipinski definition) is 0. The number of halogens is 2. The minimum Gasteiger partial charge on any atom is -0.494 e. The van der Waals surface area contributed by atoms with Crippen molar-refractivity contribution in [1.82, 2.24) is 9.78 Å². The fourth-order valence-electron chi connectivity index (χ4n) is 1.96. The first-order chi connectivity index (χ1) is 9.11. The maximum absolute atomic E-state index is 14.1. The van der Waals surface area contributed by atoms with Crippen LogP contribution in [-0.4, -0.2) is 16.9 Å². The third kappa shape index (κ3) is 1.90. The minimum absolute atomic E-state index is 0.176. The molecule has 0 saturated heterocycles. The summed E-state index contributed by atoms with van der Waals surface area (Å²) in [6, 6.07) is 3.39. The zero-order valence-electron chi connectivity index (χ0n) is 10.3. The Morgan fingerprint density at radius 1 is 1.42 bits per heavy atom. The minimum atomic E-state index is -0.479. The number of rotatable bonds is 2. The second-order valence-electron chi connectivity index (χ2n) is 4.11. The van der Waals surface area contributed by atoms with Crippen molar-refractivity contribution in [3.8, 4) is 17.1 Å². The molecule has 0 N–H and O–H groups in total. The molecule has 0 atom stereocenters. The molecule has 0 aliphatic heterocycles. The lowest BCUT2D eigenvalue weighted by Crippen LogP contribution is -1.87. The van der Waals surface area contributed by atoms with E-state index in [9.17, 15) is 4.39 Å². The number of nitrogens with zero attached hydrogens (tertiary/aromatic N) is 2. The number of aromatic nitrogens is 2. The van der Waals surface area contributed by atoms with Crippen molar-refractivity contribution < 1.29 is 13.5 Å². The van der Waals surface area contributed by atoms with Gasteiger partial charge in [0.1, 0.15) is 0 Å². The summed E-state index contributed by atoms with van der Waals surface area (Å²) in [6.07, 6.45) is 3.52. The lowest BCUT2D eigenvalue weighted by atomic mass is 10.2. The van der Waals surface area contributed by atoms with Crippen molar-refractivity contribution in [1.29, 1.82) is 0 Å². The number of methoxy groups -OCH3 is 1. The van der Waals surface area contributed by atoms with Gasteiger partial charge in [-0.1, -0.05) is 0 Å². The molecule has 0 spiro atoms. The zero-order chi connectivity index (χ0) is 13.6. The number of furan rings is 1. The molecule has 0 amide bonds. The van der Waals surface area contributed by atoms with E-state index in [-0.39, 0.29) is 11.3 Å². The maximum atomic E-state index is 14.1. The molecular formula is C13H10FIN2O2. The maximum Gasteiger partial charge on any atom is 0.208 e. The van der Waals surface area contributed by atoms with Crippen molar-refractivity contribution in [2.24, 2.45) is 7.05 Å². The molecule has 0 aliphatic carbocycles. The van der Waals surface area contributed by atoms with E-state index in [4.69, 9.17) is 9.15 Å². The first-order valence-electron chi connectivity index (χ1n) is 5.55. The molecule has 0 unspecified atom stereocenters. The summed E-state index contributed by atoms with van der Waals surface area (Å²) in [6.45, 7) is 0. The molecule has 1 aromatic carbocycles. The second-order valence-corrected chi connectivity index (χ2v) is 5.19. The Bertz CT molecular complexity index is 763. The van der Waals surface area contributed by atoms with Crippen molar-refractivity contribution in [2.75, 3.05) is 7.11 Å². The van der Waals surface area contributed by atoms with Gasteiger partial charge in [-0.3, -0.25) is 4.68 Å². The van der Waals surface area contributed by atoms with Crippen LogP contribution in [0.25, 0.3) is 22.3 Å². The van der Waals surface area contributed by atoms with Gasteiger partial charge >= 0.3 is 0 Å². The number of ether oxygens (including phenoxy) is 1. The van der Waals surface area contributed by atoms with E-state index in [0.717, 1.165) is 14.5 Å². The largest absolute Gasteiger partial charge is 0.494 e. The van der Waals surface area contributed by atoms with E-state index in [1.54, 1.807) is 23.0 Å². The Morgan fingerprint density at radius 3 is 2.84 bits per heavy atom. The lowest BCUT2D eigenvalue weighted by Gasteiger charge is -2.00. The van der Waals surface area contributed by atoms with E-state index in [1.165, 1.54) is 7.11 Å². The van der Waals surface area contributed by atoms with Crippen molar-refractivity contribution in [3.63, 3.8) is 0 Å². The molecule has 2 heterocycles. The molecule has 3 aromatic rings. The highest BCUT2D eigenvalue weighted by Crippen LogP contribution is 2.37. The fraction of sp³-hybridized carbons (Fsp3) is 0.154. The van der Waals surface area contributed by atoms with Crippen LogP contribution in [0, 0.1) is 9.39 Å². The van der Waals surface area contributed by atoms with Crippen LogP contribution in [0.15, 0.2) is 28.9 Å². The molecule has 19 heavy (non-hydrogen) atoms. The van der Waals surface area contributed by atoms with Crippen LogP contribution in [0.5, 0.6) is 5.75 Å². The average molecular weight is 372 g/mol. The third-order valence-corrected chi connectivity index (χ3v) is 3.96. The predicted octanol–water partition coefficient (Wildman–Crippen LogP) is 3.59.